The van der Waals surface area contributed by atoms with Crippen molar-refractivity contribution in [3.8, 4) is 0 Å². The number of piperazine rings is 1. The minimum absolute atomic E-state index is 0.0794. The van der Waals surface area contributed by atoms with Crippen LogP contribution in [0.3, 0.4) is 0 Å². The van der Waals surface area contributed by atoms with Gasteiger partial charge < -0.3 is 10.0 Å². The van der Waals surface area contributed by atoms with Gasteiger partial charge in [-0.15, -0.1) is 0 Å². The molecule has 0 spiro atoms. The molecule has 1 N–H and O–H groups in total. The van der Waals surface area contributed by atoms with Gasteiger partial charge in [0, 0.05) is 37.9 Å². The number of anilines is 1. The third-order valence-corrected chi connectivity index (χ3v) is 4.50. The number of carboxylic acids is 1. The lowest BCUT2D eigenvalue weighted by Crippen LogP contribution is -2.50. The van der Waals surface area contributed by atoms with E-state index < -0.39 is 5.97 Å². The standard InChI is InChI=1S/C15H22N4O2/c1-11-10-13(14(20)21)17-15(16-11)19-8-6-18(7-9-19)12-4-2-3-5-12/h10,12H,2-9H2,1H3,(H,20,21). The lowest BCUT2D eigenvalue weighted by atomic mass is 10.2. The Balaban J connectivity index is 1.67. The van der Waals surface area contributed by atoms with Gasteiger partial charge in [-0.25, -0.2) is 14.8 Å². The molecular weight excluding hydrogens is 268 g/mol. The molecule has 6 nitrogen and oxygen atoms in total. The Morgan fingerprint density at radius 1 is 1.19 bits per heavy atom. The van der Waals surface area contributed by atoms with E-state index in [9.17, 15) is 4.79 Å². The fraction of sp³-hybridized carbons (Fsp3) is 0.667. The highest BCUT2D eigenvalue weighted by molar-refractivity contribution is 5.85. The predicted octanol–water partition coefficient (Wildman–Crippen LogP) is 1.55. The molecule has 21 heavy (non-hydrogen) atoms. The highest BCUT2D eigenvalue weighted by Crippen LogP contribution is 2.25. The number of hydrogen-bond donors (Lipinski definition) is 1. The molecule has 0 bridgehead atoms. The summed E-state index contributed by atoms with van der Waals surface area (Å²) in [5.41, 5.74) is 0.784. The average Bonchev–Trinajstić information content (AvgIpc) is 3.01. The number of rotatable bonds is 3. The minimum Gasteiger partial charge on any atom is -0.477 e. The number of aromatic carboxylic acids is 1. The van der Waals surface area contributed by atoms with Crippen molar-refractivity contribution in [3.05, 3.63) is 17.5 Å². The van der Waals surface area contributed by atoms with Gasteiger partial charge in [-0.1, -0.05) is 12.8 Å². The minimum atomic E-state index is -0.994. The Labute approximate surface area is 124 Å². The molecule has 1 aromatic rings. The van der Waals surface area contributed by atoms with Gasteiger partial charge in [-0.3, -0.25) is 4.90 Å². The van der Waals surface area contributed by atoms with Gasteiger partial charge in [0.15, 0.2) is 5.69 Å². The summed E-state index contributed by atoms with van der Waals surface area (Å²) in [7, 11) is 0. The zero-order chi connectivity index (χ0) is 14.8. The second-order valence-corrected chi connectivity index (χ2v) is 5.96. The van der Waals surface area contributed by atoms with Crippen molar-refractivity contribution in [1.29, 1.82) is 0 Å². The summed E-state index contributed by atoms with van der Waals surface area (Å²) in [5.74, 6) is -0.440. The van der Waals surface area contributed by atoms with Crippen LogP contribution >= 0.6 is 0 Å². The van der Waals surface area contributed by atoms with Crippen LogP contribution < -0.4 is 4.90 Å². The smallest absolute Gasteiger partial charge is 0.354 e. The summed E-state index contributed by atoms with van der Waals surface area (Å²) < 4.78 is 0. The number of aromatic nitrogens is 2. The largest absolute Gasteiger partial charge is 0.477 e. The van der Waals surface area contributed by atoms with Crippen molar-refractivity contribution in [2.75, 3.05) is 31.1 Å². The summed E-state index contributed by atoms with van der Waals surface area (Å²) in [6.45, 7) is 5.60. The molecule has 0 radical (unpaired) electrons. The zero-order valence-electron chi connectivity index (χ0n) is 12.5. The van der Waals surface area contributed by atoms with E-state index in [1.807, 2.05) is 6.92 Å². The van der Waals surface area contributed by atoms with Crippen molar-refractivity contribution >= 4 is 11.9 Å². The molecule has 0 amide bonds. The SMILES string of the molecule is Cc1cc(C(=O)O)nc(N2CCN(C3CCCC3)CC2)n1. The molecule has 2 aliphatic rings. The molecule has 2 fully saturated rings. The van der Waals surface area contributed by atoms with Crippen LogP contribution in [-0.2, 0) is 0 Å². The van der Waals surface area contributed by atoms with E-state index in [1.165, 1.54) is 31.7 Å². The lowest BCUT2D eigenvalue weighted by molar-refractivity contribution is 0.0690. The maximum atomic E-state index is 11.1. The molecule has 1 aromatic heterocycles. The summed E-state index contributed by atoms with van der Waals surface area (Å²) in [6.07, 6.45) is 5.36. The van der Waals surface area contributed by atoms with Gasteiger partial charge in [0.05, 0.1) is 0 Å². The van der Waals surface area contributed by atoms with Crippen molar-refractivity contribution < 1.29 is 9.90 Å². The Morgan fingerprint density at radius 3 is 2.48 bits per heavy atom. The topological polar surface area (TPSA) is 69.6 Å². The third kappa shape index (κ3) is 3.15. The van der Waals surface area contributed by atoms with Crippen LogP contribution in [0.1, 0.15) is 41.9 Å². The first-order valence-electron chi connectivity index (χ1n) is 7.71. The molecule has 2 heterocycles. The second-order valence-electron chi connectivity index (χ2n) is 5.96. The monoisotopic (exact) mass is 290 g/mol. The zero-order valence-corrected chi connectivity index (χ0v) is 12.5. The fourth-order valence-corrected chi connectivity index (χ4v) is 3.36. The molecular formula is C15H22N4O2. The van der Waals surface area contributed by atoms with E-state index in [2.05, 4.69) is 19.8 Å². The molecule has 0 atom stereocenters. The first-order valence-corrected chi connectivity index (χ1v) is 7.71. The quantitative estimate of drug-likeness (QED) is 0.911. The highest BCUT2D eigenvalue weighted by Gasteiger charge is 2.27. The van der Waals surface area contributed by atoms with Crippen molar-refractivity contribution in [1.82, 2.24) is 14.9 Å². The Kier molecular flexibility index (Phi) is 4.05. The van der Waals surface area contributed by atoms with Crippen molar-refractivity contribution in [2.45, 2.75) is 38.6 Å². The van der Waals surface area contributed by atoms with Gasteiger partial charge >= 0.3 is 5.97 Å². The summed E-state index contributed by atoms with van der Waals surface area (Å²) in [5, 5.41) is 9.10. The molecule has 0 unspecified atom stereocenters. The molecule has 1 saturated heterocycles. The van der Waals surface area contributed by atoms with E-state index in [0.717, 1.165) is 32.2 Å². The number of nitrogens with zero attached hydrogens (tertiary/aromatic N) is 4. The van der Waals surface area contributed by atoms with E-state index in [1.54, 1.807) is 0 Å². The maximum Gasteiger partial charge on any atom is 0.354 e. The van der Waals surface area contributed by atoms with E-state index >= 15 is 0 Å². The molecule has 1 saturated carbocycles. The number of aryl methyl sites for hydroxylation is 1. The average molecular weight is 290 g/mol. The van der Waals surface area contributed by atoms with E-state index in [-0.39, 0.29) is 5.69 Å². The molecule has 6 heteroatoms. The van der Waals surface area contributed by atoms with Gasteiger partial charge in [-0.05, 0) is 25.8 Å². The first-order chi connectivity index (χ1) is 10.1. The number of carbonyl (C=O) groups is 1. The molecule has 114 valence electrons. The van der Waals surface area contributed by atoms with Crippen molar-refractivity contribution in [2.24, 2.45) is 0 Å². The normalized spacial score (nSPS) is 20.9. The molecule has 0 aromatic carbocycles. The third-order valence-electron chi connectivity index (χ3n) is 4.50. The summed E-state index contributed by atoms with van der Waals surface area (Å²) >= 11 is 0. The Morgan fingerprint density at radius 2 is 1.86 bits per heavy atom. The highest BCUT2D eigenvalue weighted by atomic mass is 16.4. The number of hydrogen-bond acceptors (Lipinski definition) is 5. The van der Waals surface area contributed by atoms with Crippen LogP contribution in [0, 0.1) is 6.92 Å². The van der Waals surface area contributed by atoms with Crippen LogP contribution in [0.5, 0.6) is 0 Å². The Bertz CT molecular complexity index is 520. The van der Waals surface area contributed by atoms with Gasteiger partial charge in [-0.2, -0.15) is 0 Å². The van der Waals surface area contributed by atoms with Crippen molar-refractivity contribution in [3.63, 3.8) is 0 Å². The van der Waals surface area contributed by atoms with E-state index in [4.69, 9.17) is 5.11 Å². The van der Waals surface area contributed by atoms with E-state index in [0.29, 0.717) is 11.6 Å². The predicted molar refractivity (Wildman–Crippen MR) is 79.8 cm³/mol. The molecule has 1 aliphatic carbocycles. The van der Waals surface area contributed by atoms with Gasteiger partial charge in [0.25, 0.3) is 0 Å². The molecule has 3 rings (SSSR count). The first kappa shape index (κ1) is 14.3. The maximum absolute atomic E-state index is 11.1. The van der Waals surface area contributed by atoms with Crippen LogP contribution in [0.25, 0.3) is 0 Å². The second kappa shape index (κ2) is 5.97. The van der Waals surface area contributed by atoms with Crippen LogP contribution in [0.15, 0.2) is 6.07 Å². The summed E-state index contributed by atoms with van der Waals surface area (Å²) in [4.78, 5) is 24.3. The fourth-order valence-electron chi connectivity index (χ4n) is 3.36. The van der Waals surface area contributed by atoms with Crippen LogP contribution in [0.2, 0.25) is 0 Å². The number of carboxylic acid groups (broad SMARTS) is 1. The van der Waals surface area contributed by atoms with Crippen LogP contribution in [-0.4, -0.2) is 58.2 Å². The Hall–Kier alpha value is -1.69. The molecule has 1 aliphatic heterocycles. The van der Waals surface area contributed by atoms with Crippen LogP contribution in [0.4, 0.5) is 5.95 Å². The summed E-state index contributed by atoms with van der Waals surface area (Å²) in [6, 6.07) is 2.26. The van der Waals surface area contributed by atoms with Gasteiger partial charge in [0.2, 0.25) is 5.95 Å². The van der Waals surface area contributed by atoms with Gasteiger partial charge in [0.1, 0.15) is 0 Å². The lowest BCUT2D eigenvalue weighted by Gasteiger charge is -2.38.